The fourth-order valence-corrected chi connectivity index (χ4v) is 2.39. The minimum absolute atomic E-state index is 0.616. The second kappa shape index (κ2) is 11.6. The molecule has 0 saturated carbocycles. The van der Waals surface area contributed by atoms with Crippen LogP contribution in [0.1, 0.15) is 60.8 Å². The largest absolute Gasteiger partial charge is 0.517 e. The molecule has 0 spiro atoms. The van der Waals surface area contributed by atoms with Crippen LogP contribution in [0.25, 0.3) is 0 Å². The number of hydrogen-bond acceptors (Lipinski definition) is 3. The van der Waals surface area contributed by atoms with Gasteiger partial charge in [-0.2, -0.15) is 0 Å². The summed E-state index contributed by atoms with van der Waals surface area (Å²) in [4.78, 5) is 0. The first-order chi connectivity index (χ1) is 11.8. The lowest BCUT2D eigenvalue weighted by Gasteiger charge is -2.21. The molecule has 0 aromatic heterocycles. The molecule has 0 fully saturated rings. The van der Waals surface area contributed by atoms with Crippen LogP contribution in [0.5, 0.6) is 17.2 Å². The predicted molar refractivity (Wildman–Crippen MR) is 109 cm³/mol. The van der Waals surface area contributed by atoms with E-state index < -0.39 is 0 Å². The molecule has 0 radical (unpaired) electrons. The summed E-state index contributed by atoms with van der Waals surface area (Å²) in [5.74, 6) is 4.24. The molecule has 0 aliphatic rings. The van der Waals surface area contributed by atoms with Crippen LogP contribution in [0.15, 0.2) is 12.1 Å². The highest BCUT2D eigenvalue weighted by Gasteiger charge is 2.08. The lowest BCUT2D eigenvalue weighted by molar-refractivity contribution is 0.266. The zero-order valence-electron chi connectivity index (χ0n) is 16.9. The van der Waals surface area contributed by atoms with E-state index in [1.54, 1.807) is 0 Å². The lowest BCUT2D eigenvalue weighted by atomic mass is 10.1. The van der Waals surface area contributed by atoms with Crippen molar-refractivity contribution in [2.24, 2.45) is 17.8 Å². The highest BCUT2D eigenvalue weighted by molar-refractivity contribution is 7.28. The van der Waals surface area contributed by atoms with Gasteiger partial charge in [0.15, 0.2) is 0 Å². The minimum Gasteiger partial charge on any atom is -0.517 e. The second-order valence-corrected chi connectivity index (χ2v) is 8.39. The van der Waals surface area contributed by atoms with E-state index in [1.807, 2.05) is 12.1 Å². The Morgan fingerprint density at radius 2 is 1.04 bits per heavy atom. The maximum absolute atomic E-state index is 5.98. The Labute approximate surface area is 157 Å². The maximum Gasteiger partial charge on any atom is 0.126 e. The van der Waals surface area contributed by atoms with Crippen molar-refractivity contribution < 1.29 is 14.2 Å². The van der Waals surface area contributed by atoms with Crippen LogP contribution < -0.4 is 19.5 Å². The summed E-state index contributed by atoms with van der Waals surface area (Å²) in [6.45, 7) is 15.3. The van der Waals surface area contributed by atoms with Gasteiger partial charge in [-0.25, -0.2) is 0 Å². The molecule has 1 aromatic rings. The number of benzene rings is 1. The van der Waals surface area contributed by atoms with Gasteiger partial charge in [0.2, 0.25) is 0 Å². The highest BCUT2D eigenvalue weighted by atomic mass is 31.0. The standard InChI is InChI=1S/C21H36O3P/c1-15(2)7-10-22-18-13-19(23-11-8-16(3)4)21(25)20(14-18)24-12-9-17(5)6/h13-17,25H,7-12H2,1-6H3/q-1. The third-order valence-corrected chi connectivity index (χ3v) is 4.40. The number of rotatable bonds is 12. The molecule has 0 N–H and O–H groups in total. The molecule has 0 aliphatic carbocycles. The van der Waals surface area contributed by atoms with Gasteiger partial charge in [-0.15, -0.1) is 5.30 Å². The van der Waals surface area contributed by atoms with Gasteiger partial charge in [0, 0.05) is 12.1 Å². The molecule has 0 heterocycles. The normalized spacial score (nSPS) is 11.4. The molecule has 0 unspecified atom stereocenters. The van der Waals surface area contributed by atoms with E-state index in [0.29, 0.717) is 37.6 Å². The first-order valence-electron chi connectivity index (χ1n) is 9.57. The SMILES string of the molecule is CC(C)CCOc1cc(OCCC(C)C)c([PH-])c(OCCC(C)C)c1. The van der Waals surface area contributed by atoms with Crippen molar-refractivity contribution in [3.8, 4) is 17.2 Å². The van der Waals surface area contributed by atoms with Crippen LogP contribution in [0.4, 0.5) is 0 Å². The monoisotopic (exact) mass is 367 g/mol. The van der Waals surface area contributed by atoms with E-state index >= 15 is 0 Å². The van der Waals surface area contributed by atoms with Crippen LogP contribution in [0, 0.1) is 17.8 Å². The quantitative estimate of drug-likeness (QED) is 0.442. The Bertz CT molecular complexity index is 463. The smallest absolute Gasteiger partial charge is 0.126 e. The summed E-state index contributed by atoms with van der Waals surface area (Å²) in [6, 6.07) is 3.91. The van der Waals surface area contributed by atoms with E-state index in [9.17, 15) is 0 Å². The Kier molecular flexibility index (Phi) is 10.3. The number of ether oxygens (including phenoxy) is 3. The van der Waals surface area contributed by atoms with E-state index in [0.717, 1.165) is 41.8 Å². The van der Waals surface area contributed by atoms with E-state index in [4.69, 9.17) is 14.2 Å². The predicted octanol–water partition coefficient (Wildman–Crippen LogP) is 5.73. The van der Waals surface area contributed by atoms with E-state index in [1.165, 1.54) is 0 Å². The molecule has 0 saturated heterocycles. The first-order valence-corrected chi connectivity index (χ1v) is 10.1. The van der Waals surface area contributed by atoms with Crippen molar-refractivity contribution in [3.63, 3.8) is 0 Å². The topological polar surface area (TPSA) is 27.7 Å². The first kappa shape index (κ1) is 22.1. The van der Waals surface area contributed by atoms with Crippen LogP contribution in [0.2, 0.25) is 0 Å². The van der Waals surface area contributed by atoms with Crippen molar-refractivity contribution in [1.29, 1.82) is 0 Å². The summed E-state index contributed by atoms with van der Waals surface area (Å²) < 4.78 is 17.9. The third kappa shape index (κ3) is 9.35. The Hall–Kier alpha value is -0.950. The molecule has 144 valence electrons. The summed E-state index contributed by atoms with van der Waals surface area (Å²) in [5, 5.41) is 0.865. The number of hydrogen-bond donors (Lipinski definition) is 0. The van der Waals surface area contributed by atoms with Gasteiger partial charge in [0.25, 0.3) is 0 Å². The third-order valence-electron chi connectivity index (χ3n) is 3.91. The highest BCUT2D eigenvalue weighted by Crippen LogP contribution is 2.29. The summed E-state index contributed by atoms with van der Waals surface area (Å²) in [7, 11) is 3.69. The molecule has 3 nitrogen and oxygen atoms in total. The summed E-state index contributed by atoms with van der Waals surface area (Å²) >= 11 is 0. The van der Waals surface area contributed by atoms with Crippen molar-refractivity contribution in [3.05, 3.63) is 12.1 Å². The lowest BCUT2D eigenvalue weighted by Crippen LogP contribution is -2.12. The van der Waals surface area contributed by atoms with Gasteiger partial charge in [-0.1, -0.05) is 41.5 Å². The Morgan fingerprint density at radius 3 is 1.40 bits per heavy atom. The van der Waals surface area contributed by atoms with Gasteiger partial charge in [0.1, 0.15) is 5.75 Å². The average Bonchev–Trinajstić information content (AvgIpc) is 2.50. The van der Waals surface area contributed by atoms with Crippen LogP contribution in [-0.2, 0) is 0 Å². The molecule has 1 rings (SSSR count). The Balaban J connectivity index is 2.83. The van der Waals surface area contributed by atoms with Gasteiger partial charge in [-0.3, -0.25) is 0 Å². The van der Waals surface area contributed by atoms with E-state index in [2.05, 4.69) is 50.8 Å². The fourth-order valence-electron chi connectivity index (χ4n) is 2.10. The molecular weight excluding hydrogens is 331 g/mol. The van der Waals surface area contributed by atoms with Gasteiger partial charge < -0.3 is 23.5 Å². The average molecular weight is 367 g/mol. The fraction of sp³-hybridized carbons (Fsp3) is 0.714. The molecule has 1 aromatic carbocycles. The molecule has 0 atom stereocenters. The summed E-state index contributed by atoms with van der Waals surface area (Å²) in [6.07, 6.45) is 3.07. The van der Waals surface area contributed by atoms with Crippen molar-refractivity contribution in [2.75, 3.05) is 19.8 Å². The van der Waals surface area contributed by atoms with Crippen LogP contribution >= 0.6 is 9.24 Å². The van der Waals surface area contributed by atoms with Gasteiger partial charge in [0.05, 0.1) is 31.3 Å². The molecule has 4 heteroatoms. The molecule has 0 aliphatic heterocycles. The maximum atomic E-state index is 5.98. The van der Waals surface area contributed by atoms with E-state index in [-0.39, 0.29) is 0 Å². The zero-order chi connectivity index (χ0) is 18.8. The van der Waals surface area contributed by atoms with Gasteiger partial charge in [-0.05, 0) is 37.0 Å². The van der Waals surface area contributed by atoms with Crippen molar-refractivity contribution >= 4 is 14.5 Å². The molecule has 25 heavy (non-hydrogen) atoms. The van der Waals surface area contributed by atoms with Crippen LogP contribution in [-0.4, -0.2) is 19.8 Å². The van der Waals surface area contributed by atoms with Crippen molar-refractivity contribution in [2.45, 2.75) is 60.8 Å². The Morgan fingerprint density at radius 1 is 0.680 bits per heavy atom. The summed E-state index contributed by atoms with van der Waals surface area (Å²) in [5.41, 5.74) is 0. The molecule has 0 amide bonds. The van der Waals surface area contributed by atoms with Gasteiger partial charge >= 0.3 is 0 Å². The molecular formula is C21H36O3P-. The molecule has 0 bridgehead atoms. The zero-order valence-corrected chi connectivity index (χ0v) is 17.9. The second-order valence-electron chi connectivity index (χ2n) is 7.89. The van der Waals surface area contributed by atoms with Crippen molar-refractivity contribution in [1.82, 2.24) is 0 Å². The van der Waals surface area contributed by atoms with Crippen LogP contribution in [0.3, 0.4) is 0 Å². The minimum atomic E-state index is 0.616.